The molecule has 0 spiro atoms. The van der Waals surface area contributed by atoms with Crippen molar-refractivity contribution in [1.29, 1.82) is 0 Å². The standard InChI is InChI=1S/C11H25NOSi/c1-11(2,3)12-7-10(8-12)13-9-14(4,5)6/h10H,7-9H2,1-6H3. The second-order valence-corrected chi connectivity index (χ2v) is 12.0. The van der Waals surface area contributed by atoms with Crippen molar-refractivity contribution < 1.29 is 4.74 Å². The lowest BCUT2D eigenvalue weighted by Gasteiger charge is -2.47. The monoisotopic (exact) mass is 215 g/mol. The highest BCUT2D eigenvalue weighted by Gasteiger charge is 2.35. The van der Waals surface area contributed by atoms with Gasteiger partial charge < -0.3 is 4.74 Å². The number of likely N-dealkylation sites (tertiary alicyclic amines) is 1. The summed E-state index contributed by atoms with van der Waals surface area (Å²) >= 11 is 0. The molecule has 0 bridgehead atoms. The van der Waals surface area contributed by atoms with Crippen LogP contribution in [0, 0.1) is 0 Å². The van der Waals surface area contributed by atoms with Crippen molar-refractivity contribution in [1.82, 2.24) is 4.90 Å². The predicted octanol–water partition coefficient (Wildman–Crippen LogP) is 2.36. The lowest BCUT2D eigenvalue weighted by atomic mass is 9.99. The zero-order valence-corrected chi connectivity index (χ0v) is 11.6. The summed E-state index contributed by atoms with van der Waals surface area (Å²) in [6.07, 6.45) is 1.51. The van der Waals surface area contributed by atoms with Gasteiger partial charge in [0.1, 0.15) is 0 Å². The fraction of sp³-hybridized carbons (Fsp3) is 1.00. The minimum atomic E-state index is -1.01. The van der Waals surface area contributed by atoms with Gasteiger partial charge in [0.25, 0.3) is 0 Å². The van der Waals surface area contributed by atoms with Crippen LogP contribution in [0.15, 0.2) is 0 Å². The Balaban J connectivity index is 2.17. The summed E-state index contributed by atoms with van der Waals surface area (Å²) in [5, 5.41) is 0. The van der Waals surface area contributed by atoms with Crippen LogP contribution in [-0.4, -0.2) is 43.9 Å². The predicted molar refractivity (Wildman–Crippen MR) is 64.4 cm³/mol. The first-order valence-corrected chi connectivity index (χ1v) is 9.26. The third-order valence-electron chi connectivity index (χ3n) is 2.55. The average Bonchev–Trinajstić information content (AvgIpc) is 1.76. The molecule has 0 aromatic rings. The van der Waals surface area contributed by atoms with Crippen molar-refractivity contribution in [2.75, 3.05) is 19.3 Å². The van der Waals surface area contributed by atoms with Crippen molar-refractivity contribution in [2.45, 2.75) is 52.1 Å². The Bertz CT molecular complexity index is 184. The highest BCUT2D eigenvalue weighted by atomic mass is 28.3. The van der Waals surface area contributed by atoms with E-state index in [0.29, 0.717) is 11.6 Å². The van der Waals surface area contributed by atoms with Crippen LogP contribution in [0.25, 0.3) is 0 Å². The van der Waals surface area contributed by atoms with E-state index in [4.69, 9.17) is 4.74 Å². The maximum absolute atomic E-state index is 5.89. The van der Waals surface area contributed by atoms with E-state index in [2.05, 4.69) is 45.3 Å². The van der Waals surface area contributed by atoms with Crippen LogP contribution in [0.5, 0.6) is 0 Å². The second kappa shape index (κ2) is 3.95. The first kappa shape index (κ1) is 12.2. The summed E-state index contributed by atoms with van der Waals surface area (Å²) in [6, 6.07) is 0. The van der Waals surface area contributed by atoms with E-state index in [1.54, 1.807) is 0 Å². The molecular formula is C11H25NOSi. The molecule has 0 aromatic heterocycles. The maximum atomic E-state index is 5.89. The summed E-state index contributed by atoms with van der Waals surface area (Å²) in [5.74, 6) is 0. The van der Waals surface area contributed by atoms with Gasteiger partial charge in [-0.05, 0) is 20.8 Å². The average molecular weight is 215 g/mol. The van der Waals surface area contributed by atoms with Gasteiger partial charge in [0.2, 0.25) is 0 Å². The van der Waals surface area contributed by atoms with Crippen molar-refractivity contribution in [2.24, 2.45) is 0 Å². The fourth-order valence-corrected chi connectivity index (χ4v) is 2.19. The molecule has 14 heavy (non-hydrogen) atoms. The van der Waals surface area contributed by atoms with E-state index in [1.807, 2.05) is 0 Å². The van der Waals surface area contributed by atoms with Crippen LogP contribution in [0.2, 0.25) is 19.6 Å². The molecule has 0 radical (unpaired) electrons. The SMILES string of the molecule is CC(C)(C)N1CC(OC[Si](C)(C)C)C1. The van der Waals surface area contributed by atoms with Gasteiger partial charge in [0, 0.05) is 24.9 Å². The quantitative estimate of drug-likeness (QED) is 0.670. The normalized spacial score (nSPS) is 21.0. The van der Waals surface area contributed by atoms with Crippen molar-refractivity contribution >= 4 is 8.07 Å². The molecule has 1 fully saturated rings. The molecule has 2 nitrogen and oxygen atoms in total. The topological polar surface area (TPSA) is 12.5 Å². The third-order valence-corrected chi connectivity index (χ3v) is 3.58. The van der Waals surface area contributed by atoms with E-state index in [0.717, 1.165) is 19.3 Å². The molecule has 0 unspecified atom stereocenters. The summed E-state index contributed by atoms with van der Waals surface area (Å²) in [5.41, 5.74) is 0.318. The van der Waals surface area contributed by atoms with Crippen molar-refractivity contribution in [3.05, 3.63) is 0 Å². The minimum absolute atomic E-state index is 0.318. The zero-order valence-electron chi connectivity index (χ0n) is 10.6. The summed E-state index contributed by atoms with van der Waals surface area (Å²) in [7, 11) is -1.01. The lowest BCUT2D eigenvalue weighted by Crippen LogP contribution is -2.60. The molecule has 0 saturated carbocycles. The smallest absolute Gasteiger partial charge is 0.0824 e. The van der Waals surface area contributed by atoms with Crippen LogP contribution >= 0.6 is 0 Å². The molecular weight excluding hydrogens is 190 g/mol. The van der Waals surface area contributed by atoms with Gasteiger partial charge in [-0.15, -0.1) is 0 Å². The Hall–Kier alpha value is 0.137. The van der Waals surface area contributed by atoms with E-state index >= 15 is 0 Å². The Morgan fingerprint density at radius 1 is 1.21 bits per heavy atom. The Morgan fingerprint density at radius 2 is 1.71 bits per heavy atom. The molecule has 1 saturated heterocycles. The maximum Gasteiger partial charge on any atom is 0.0824 e. The van der Waals surface area contributed by atoms with Gasteiger partial charge >= 0.3 is 0 Å². The van der Waals surface area contributed by atoms with E-state index in [1.165, 1.54) is 0 Å². The Kier molecular flexibility index (Phi) is 3.44. The highest BCUT2D eigenvalue weighted by molar-refractivity contribution is 6.76. The van der Waals surface area contributed by atoms with Gasteiger partial charge in [0.15, 0.2) is 0 Å². The van der Waals surface area contributed by atoms with Crippen molar-refractivity contribution in [3.63, 3.8) is 0 Å². The molecule has 0 atom stereocenters. The van der Waals surface area contributed by atoms with Crippen LogP contribution in [-0.2, 0) is 4.74 Å². The molecule has 0 N–H and O–H groups in total. The van der Waals surface area contributed by atoms with Crippen LogP contribution < -0.4 is 0 Å². The molecule has 3 heteroatoms. The van der Waals surface area contributed by atoms with Gasteiger partial charge in [-0.25, -0.2) is 0 Å². The largest absolute Gasteiger partial charge is 0.379 e. The molecule has 0 aliphatic carbocycles. The van der Waals surface area contributed by atoms with Crippen LogP contribution in [0.3, 0.4) is 0 Å². The minimum Gasteiger partial charge on any atom is -0.379 e. The molecule has 0 aromatic carbocycles. The van der Waals surface area contributed by atoms with Gasteiger partial charge in [-0.3, -0.25) is 4.90 Å². The molecule has 1 heterocycles. The van der Waals surface area contributed by atoms with Crippen molar-refractivity contribution in [3.8, 4) is 0 Å². The van der Waals surface area contributed by atoms with Gasteiger partial charge in [0.05, 0.1) is 14.2 Å². The number of rotatable bonds is 3. The molecule has 0 amide bonds. The van der Waals surface area contributed by atoms with Crippen LogP contribution in [0.4, 0.5) is 0 Å². The van der Waals surface area contributed by atoms with E-state index < -0.39 is 8.07 Å². The summed E-state index contributed by atoms with van der Waals surface area (Å²) in [4.78, 5) is 2.47. The van der Waals surface area contributed by atoms with Gasteiger partial charge in [-0.1, -0.05) is 19.6 Å². The fourth-order valence-electron chi connectivity index (χ4n) is 1.46. The lowest BCUT2D eigenvalue weighted by molar-refractivity contribution is -0.0776. The zero-order chi connectivity index (χ0) is 11.0. The van der Waals surface area contributed by atoms with E-state index in [9.17, 15) is 0 Å². The molecule has 1 rings (SSSR count). The van der Waals surface area contributed by atoms with Crippen LogP contribution in [0.1, 0.15) is 20.8 Å². The second-order valence-electron chi connectivity index (χ2n) is 6.57. The number of nitrogens with zero attached hydrogens (tertiary/aromatic N) is 1. The summed E-state index contributed by atoms with van der Waals surface area (Å²) < 4.78 is 5.89. The Labute approximate surface area is 89.6 Å². The highest BCUT2D eigenvalue weighted by Crippen LogP contribution is 2.23. The third kappa shape index (κ3) is 3.71. The number of hydrogen-bond donors (Lipinski definition) is 0. The first-order chi connectivity index (χ1) is 6.18. The van der Waals surface area contributed by atoms with Gasteiger partial charge in [-0.2, -0.15) is 0 Å². The molecule has 84 valence electrons. The first-order valence-electron chi connectivity index (χ1n) is 5.55. The number of ether oxygens (including phenoxy) is 1. The Morgan fingerprint density at radius 3 is 2.07 bits per heavy atom. The molecule has 1 aliphatic rings. The summed E-state index contributed by atoms with van der Waals surface area (Å²) in [6.45, 7) is 16.1. The molecule has 1 aliphatic heterocycles. The van der Waals surface area contributed by atoms with E-state index in [-0.39, 0.29) is 0 Å². The number of hydrogen-bond acceptors (Lipinski definition) is 2.